The van der Waals surface area contributed by atoms with Crippen molar-refractivity contribution < 1.29 is 19.1 Å². The fourth-order valence-electron chi connectivity index (χ4n) is 4.61. The average molecular weight is 468 g/mol. The monoisotopic (exact) mass is 467 g/mol. The molecule has 0 unspecified atom stereocenters. The Hall–Kier alpha value is -1.26. The zero-order valence-corrected chi connectivity index (χ0v) is 22.1. The zero-order valence-electron chi connectivity index (χ0n) is 22.1. The molecular weight excluding hydrogens is 414 g/mol. The molecule has 1 saturated carbocycles. The number of ether oxygens (including phenoxy) is 2. The van der Waals surface area contributed by atoms with E-state index in [0.717, 1.165) is 25.7 Å². The third-order valence-electron chi connectivity index (χ3n) is 6.72. The molecule has 1 rings (SSSR count). The Balaban J connectivity index is 2.00. The Kier molecular flexibility index (Phi) is 17.2. The summed E-state index contributed by atoms with van der Waals surface area (Å²) in [7, 11) is 0. The molecule has 0 radical (unpaired) electrons. The number of nitrogens with one attached hydrogen (secondary N) is 1. The number of hydrogen-bond donors (Lipinski definition) is 1. The summed E-state index contributed by atoms with van der Waals surface area (Å²) in [5.41, 5.74) is -0.885. The first-order valence-electron chi connectivity index (χ1n) is 14.1. The Morgan fingerprint density at radius 3 is 1.64 bits per heavy atom. The molecule has 1 fully saturated rings. The van der Waals surface area contributed by atoms with E-state index in [1.165, 1.54) is 83.5 Å². The molecule has 0 bridgehead atoms. The maximum atomic E-state index is 12.7. The molecule has 194 valence electrons. The van der Waals surface area contributed by atoms with Crippen LogP contribution in [0.15, 0.2) is 0 Å². The van der Waals surface area contributed by atoms with Crippen LogP contribution in [-0.4, -0.2) is 30.8 Å². The van der Waals surface area contributed by atoms with Crippen LogP contribution in [0.4, 0.5) is 4.79 Å². The average Bonchev–Trinajstić information content (AvgIpc) is 3.27. The molecular formula is C28H53NO4. The third kappa shape index (κ3) is 14.6. The summed E-state index contributed by atoms with van der Waals surface area (Å²) >= 11 is 0. The van der Waals surface area contributed by atoms with Gasteiger partial charge in [-0.3, -0.25) is 0 Å². The highest BCUT2D eigenvalue weighted by atomic mass is 16.6. The molecule has 33 heavy (non-hydrogen) atoms. The SMILES string of the molecule is CCCCCCCCCCCCCCCCCOC(=O)C1(NC(=O)OCC(C)C)CCCC1. The maximum Gasteiger partial charge on any atom is 0.408 e. The second kappa shape index (κ2) is 19.1. The number of unbranched alkanes of at least 4 members (excludes halogenated alkanes) is 14. The van der Waals surface area contributed by atoms with Gasteiger partial charge in [0.05, 0.1) is 13.2 Å². The predicted octanol–water partition coefficient (Wildman–Crippen LogP) is 8.10. The molecule has 0 spiro atoms. The van der Waals surface area contributed by atoms with E-state index in [-0.39, 0.29) is 11.9 Å². The van der Waals surface area contributed by atoms with Gasteiger partial charge in [0.1, 0.15) is 5.54 Å². The van der Waals surface area contributed by atoms with Crippen LogP contribution in [-0.2, 0) is 14.3 Å². The van der Waals surface area contributed by atoms with Crippen LogP contribution in [0, 0.1) is 5.92 Å². The molecule has 1 aliphatic carbocycles. The molecule has 0 aromatic heterocycles. The number of hydrogen-bond acceptors (Lipinski definition) is 4. The highest BCUT2D eigenvalue weighted by Gasteiger charge is 2.44. The van der Waals surface area contributed by atoms with Crippen molar-refractivity contribution in [3.63, 3.8) is 0 Å². The molecule has 1 N–H and O–H groups in total. The van der Waals surface area contributed by atoms with Gasteiger partial charge in [-0.2, -0.15) is 0 Å². The van der Waals surface area contributed by atoms with Crippen molar-refractivity contribution in [3.05, 3.63) is 0 Å². The highest BCUT2D eigenvalue weighted by molar-refractivity contribution is 5.86. The molecule has 1 amide bonds. The number of amides is 1. The number of carbonyl (C=O) groups excluding carboxylic acids is 2. The minimum Gasteiger partial charge on any atom is -0.464 e. The fraction of sp³-hybridized carbons (Fsp3) is 0.929. The smallest absolute Gasteiger partial charge is 0.408 e. The summed E-state index contributed by atoms with van der Waals surface area (Å²) in [6, 6.07) is 0. The van der Waals surface area contributed by atoms with Gasteiger partial charge in [0.2, 0.25) is 0 Å². The van der Waals surface area contributed by atoms with E-state index in [0.29, 0.717) is 26.1 Å². The van der Waals surface area contributed by atoms with Crippen LogP contribution >= 0.6 is 0 Å². The normalized spacial score (nSPS) is 15.0. The second-order valence-corrected chi connectivity index (χ2v) is 10.5. The summed E-state index contributed by atoms with van der Waals surface area (Å²) in [6.45, 7) is 7.06. The van der Waals surface area contributed by atoms with Crippen molar-refractivity contribution in [1.29, 1.82) is 0 Å². The van der Waals surface area contributed by atoms with Crippen molar-refractivity contribution in [2.45, 2.75) is 148 Å². The van der Waals surface area contributed by atoms with E-state index in [9.17, 15) is 9.59 Å². The summed E-state index contributed by atoms with van der Waals surface area (Å²) in [4.78, 5) is 24.8. The molecule has 0 atom stereocenters. The standard InChI is InChI=1S/C28H53NO4/c1-4-5-6-7-8-9-10-11-12-13-14-15-16-17-20-23-32-26(30)28(21-18-19-22-28)29-27(31)33-24-25(2)3/h25H,4-24H2,1-3H3,(H,29,31). The van der Waals surface area contributed by atoms with Crippen molar-refractivity contribution in [2.24, 2.45) is 5.92 Å². The lowest BCUT2D eigenvalue weighted by molar-refractivity contribution is -0.151. The number of rotatable bonds is 20. The van der Waals surface area contributed by atoms with Crippen LogP contribution in [0.2, 0.25) is 0 Å². The molecule has 0 saturated heterocycles. The quantitative estimate of drug-likeness (QED) is 0.145. The van der Waals surface area contributed by atoms with Crippen LogP contribution in [0.1, 0.15) is 143 Å². The van der Waals surface area contributed by atoms with Gasteiger partial charge in [-0.05, 0) is 25.2 Å². The van der Waals surface area contributed by atoms with Gasteiger partial charge < -0.3 is 14.8 Å². The molecule has 0 heterocycles. The summed E-state index contributed by atoms with van der Waals surface area (Å²) in [5.74, 6) is -0.0146. The van der Waals surface area contributed by atoms with Gasteiger partial charge >= 0.3 is 12.1 Å². The summed E-state index contributed by atoms with van der Waals surface area (Å²) in [6.07, 6.45) is 22.4. The lowest BCUT2D eigenvalue weighted by atomic mass is 9.98. The fourth-order valence-corrected chi connectivity index (χ4v) is 4.61. The maximum absolute atomic E-state index is 12.7. The Bertz CT molecular complexity index is 500. The first kappa shape index (κ1) is 29.8. The van der Waals surface area contributed by atoms with Crippen LogP contribution in [0.25, 0.3) is 0 Å². The van der Waals surface area contributed by atoms with E-state index >= 15 is 0 Å². The molecule has 5 nitrogen and oxygen atoms in total. The molecule has 5 heteroatoms. The molecule has 1 aliphatic rings. The zero-order chi connectivity index (χ0) is 24.2. The van der Waals surface area contributed by atoms with Crippen molar-refractivity contribution in [2.75, 3.05) is 13.2 Å². The third-order valence-corrected chi connectivity index (χ3v) is 6.72. The Labute approximate surface area is 204 Å². The van der Waals surface area contributed by atoms with Crippen LogP contribution in [0.5, 0.6) is 0 Å². The second-order valence-electron chi connectivity index (χ2n) is 10.5. The van der Waals surface area contributed by atoms with E-state index in [1.807, 2.05) is 13.8 Å². The number of alkyl carbamates (subject to hydrolysis) is 1. The Morgan fingerprint density at radius 1 is 0.727 bits per heavy atom. The lowest BCUT2D eigenvalue weighted by Gasteiger charge is -2.27. The van der Waals surface area contributed by atoms with Gasteiger partial charge in [-0.15, -0.1) is 0 Å². The van der Waals surface area contributed by atoms with Gasteiger partial charge in [0.25, 0.3) is 0 Å². The van der Waals surface area contributed by atoms with E-state index < -0.39 is 11.6 Å². The lowest BCUT2D eigenvalue weighted by Crippen LogP contribution is -2.53. The first-order chi connectivity index (χ1) is 16.0. The molecule has 0 aromatic carbocycles. The topological polar surface area (TPSA) is 64.6 Å². The van der Waals surface area contributed by atoms with E-state index in [1.54, 1.807) is 0 Å². The van der Waals surface area contributed by atoms with Crippen molar-refractivity contribution in [3.8, 4) is 0 Å². The van der Waals surface area contributed by atoms with Crippen molar-refractivity contribution in [1.82, 2.24) is 5.32 Å². The minimum atomic E-state index is -0.885. The van der Waals surface area contributed by atoms with Gasteiger partial charge in [0.15, 0.2) is 0 Å². The van der Waals surface area contributed by atoms with Gasteiger partial charge in [-0.1, -0.05) is 124 Å². The summed E-state index contributed by atoms with van der Waals surface area (Å²) in [5, 5.41) is 2.82. The number of carbonyl (C=O) groups is 2. The van der Waals surface area contributed by atoms with Gasteiger partial charge in [0, 0.05) is 0 Å². The summed E-state index contributed by atoms with van der Waals surface area (Å²) < 4.78 is 10.8. The van der Waals surface area contributed by atoms with Crippen molar-refractivity contribution >= 4 is 12.1 Å². The largest absolute Gasteiger partial charge is 0.464 e. The predicted molar refractivity (Wildman–Crippen MR) is 136 cm³/mol. The minimum absolute atomic E-state index is 0.271. The Morgan fingerprint density at radius 2 is 1.18 bits per heavy atom. The first-order valence-corrected chi connectivity index (χ1v) is 14.1. The van der Waals surface area contributed by atoms with E-state index in [2.05, 4.69) is 12.2 Å². The number of esters is 1. The highest BCUT2D eigenvalue weighted by Crippen LogP contribution is 2.31. The van der Waals surface area contributed by atoms with Crippen LogP contribution in [0.3, 0.4) is 0 Å². The molecule has 0 aliphatic heterocycles. The molecule has 0 aromatic rings. The van der Waals surface area contributed by atoms with Crippen LogP contribution < -0.4 is 5.32 Å². The van der Waals surface area contributed by atoms with E-state index in [4.69, 9.17) is 9.47 Å². The van der Waals surface area contributed by atoms with Gasteiger partial charge in [-0.25, -0.2) is 9.59 Å².